The van der Waals surface area contributed by atoms with Crippen LogP contribution in [0.5, 0.6) is 0 Å². The average Bonchev–Trinajstić information content (AvgIpc) is 3.07. The van der Waals surface area contributed by atoms with Crippen LogP contribution in [0.1, 0.15) is 17.3 Å². The van der Waals surface area contributed by atoms with Crippen LogP contribution in [-0.2, 0) is 10.0 Å². The molecule has 1 amide bonds. The zero-order valence-corrected chi connectivity index (χ0v) is 17.5. The Morgan fingerprint density at radius 3 is 2.47 bits per heavy atom. The first kappa shape index (κ1) is 19.0. The molecule has 0 saturated carbocycles. The summed E-state index contributed by atoms with van der Waals surface area (Å²) in [4.78, 5) is 21.1. The van der Waals surface area contributed by atoms with Crippen molar-refractivity contribution in [2.45, 2.75) is 11.8 Å². The van der Waals surface area contributed by atoms with Gasteiger partial charge in [-0.2, -0.15) is 4.31 Å². The fraction of sp³-hybridized carbons (Fsp3) is 0.273. The third-order valence-electron chi connectivity index (χ3n) is 5.89. The molecular formula is C22H22N4O3S. The van der Waals surface area contributed by atoms with E-state index in [1.165, 1.54) is 4.31 Å². The molecule has 5 rings (SSSR count). The minimum absolute atomic E-state index is 0.0726. The zero-order valence-electron chi connectivity index (χ0n) is 16.7. The van der Waals surface area contributed by atoms with Gasteiger partial charge in [-0.05, 0) is 37.3 Å². The second kappa shape index (κ2) is 7.07. The molecule has 0 aliphatic carbocycles. The number of aromatic nitrogens is 1. The maximum Gasteiger partial charge on any atom is 0.258 e. The predicted octanol–water partition coefficient (Wildman–Crippen LogP) is 2.73. The smallest absolute Gasteiger partial charge is 0.258 e. The van der Waals surface area contributed by atoms with Gasteiger partial charge in [-0.15, -0.1) is 0 Å². The highest BCUT2D eigenvalue weighted by atomic mass is 32.2. The van der Waals surface area contributed by atoms with Crippen molar-refractivity contribution < 1.29 is 13.2 Å². The molecule has 7 nitrogen and oxygen atoms in total. The Balaban J connectivity index is 1.49. The average molecular weight is 423 g/mol. The molecule has 2 aromatic carbocycles. The standard InChI is InChI=1S/C22H22N4O3S/c1-2-26-18-9-10-19(16-6-5-7-17(21(16)18)22(26)27)30(28,29)25-14-12-24(13-15-25)20-8-3-4-11-23-20/h3-11H,2,12-15H2,1H3. The number of benzene rings is 2. The molecule has 0 spiro atoms. The normalized spacial score (nSPS) is 17.2. The fourth-order valence-electron chi connectivity index (χ4n) is 4.40. The van der Waals surface area contributed by atoms with Crippen LogP contribution in [0.15, 0.2) is 59.6 Å². The number of rotatable bonds is 4. The van der Waals surface area contributed by atoms with Crippen molar-refractivity contribution in [1.82, 2.24) is 9.29 Å². The summed E-state index contributed by atoms with van der Waals surface area (Å²) in [5.74, 6) is 0.787. The lowest BCUT2D eigenvalue weighted by atomic mass is 10.1. The number of amides is 1. The van der Waals surface area contributed by atoms with Crippen LogP contribution in [0.4, 0.5) is 11.5 Å². The van der Waals surface area contributed by atoms with Crippen molar-refractivity contribution in [3.05, 3.63) is 60.3 Å². The van der Waals surface area contributed by atoms with E-state index in [1.54, 1.807) is 41.4 Å². The van der Waals surface area contributed by atoms with Gasteiger partial charge in [0.05, 0.1) is 10.6 Å². The molecule has 3 aromatic rings. The zero-order chi connectivity index (χ0) is 20.9. The first-order valence-corrected chi connectivity index (χ1v) is 11.5. The molecule has 30 heavy (non-hydrogen) atoms. The summed E-state index contributed by atoms with van der Waals surface area (Å²) in [6.45, 7) is 4.41. The number of piperazine rings is 1. The highest BCUT2D eigenvalue weighted by Crippen LogP contribution is 2.40. The summed E-state index contributed by atoms with van der Waals surface area (Å²) < 4.78 is 28.6. The molecule has 8 heteroatoms. The van der Waals surface area contributed by atoms with Crippen LogP contribution in [0.3, 0.4) is 0 Å². The van der Waals surface area contributed by atoms with Crippen LogP contribution < -0.4 is 9.80 Å². The van der Waals surface area contributed by atoms with E-state index in [0.717, 1.165) is 16.9 Å². The number of hydrogen-bond acceptors (Lipinski definition) is 5. The number of carbonyl (C=O) groups is 1. The molecule has 0 unspecified atom stereocenters. The summed E-state index contributed by atoms with van der Waals surface area (Å²) in [6, 6.07) is 14.5. The Bertz CT molecular complexity index is 1240. The van der Waals surface area contributed by atoms with E-state index in [0.29, 0.717) is 43.7 Å². The van der Waals surface area contributed by atoms with Gasteiger partial charge in [-0.25, -0.2) is 13.4 Å². The van der Waals surface area contributed by atoms with Gasteiger partial charge in [0.15, 0.2) is 0 Å². The van der Waals surface area contributed by atoms with E-state index in [9.17, 15) is 13.2 Å². The number of pyridine rings is 1. The Labute approximate surface area is 175 Å². The molecule has 1 fully saturated rings. The second-order valence-electron chi connectivity index (χ2n) is 7.44. The second-order valence-corrected chi connectivity index (χ2v) is 9.35. The third kappa shape index (κ3) is 2.79. The minimum atomic E-state index is -3.69. The van der Waals surface area contributed by atoms with E-state index < -0.39 is 10.0 Å². The lowest BCUT2D eigenvalue weighted by Gasteiger charge is -2.34. The van der Waals surface area contributed by atoms with Gasteiger partial charge in [0.2, 0.25) is 10.0 Å². The topological polar surface area (TPSA) is 73.8 Å². The maximum atomic E-state index is 13.5. The van der Waals surface area contributed by atoms with Crippen molar-refractivity contribution in [2.75, 3.05) is 42.5 Å². The summed E-state index contributed by atoms with van der Waals surface area (Å²) in [5, 5.41) is 1.35. The van der Waals surface area contributed by atoms with E-state index in [4.69, 9.17) is 0 Å². The number of sulfonamides is 1. The molecule has 2 aliphatic rings. The Morgan fingerprint density at radius 2 is 1.77 bits per heavy atom. The van der Waals surface area contributed by atoms with Crippen molar-refractivity contribution in [2.24, 2.45) is 0 Å². The maximum absolute atomic E-state index is 13.5. The molecule has 3 heterocycles. The van der Waals surface area contributed by atoms with Gasteiger partial charge in [-0.1, -0.05) is 18.2 Å². The molecule has 0 N–H and O–H groups in total. The molecule has 1 saturated heterocycles. The van der Waals surface area contributed by atoms with Gasteiger partial charge in [0.1, 0.15) is 5.82 Å². The molecular weight excluding hydrogens is 400 g/mol. The fourth-order valence-corrected chi connectivity index (χ4v) is 6.01. The van der Waals surface area contributed by atoms with E-state index in [-0.39, 0.29) is 10.8 Å². The van der Waals surface area contributed by atoms with Crippen molar-refractivity contribution >= 4 is 38.2 Å². The van der Waals surface area contributed by atoms with Crippen molar-refractivity contribution in [1.29, 1.82) is 0 Å². The number of carbonyl (C=O) groups excluding carboxylic acids is 1. The molecule has 2 aliphatic heterocycles. The molecule has 1 aromatic heterocycles. The highest BCUT2D eigenvalue weighted by Gasteiger charge is 2.34. The number of hydrogen-bond donors (Lipinski definition) is 0. The number of nitrogens with zero attached hydrogens (tertiary/aromatic N) is 4. The predicted molar refractivity (Wildman–Crippen MR) is 117 cm³/mol. The third-order valence-corrected chi connectivity index (χ3v) is 7.85. The monoisotopic (exact) mass is 422 g/mol. The van der Waals surface area contributed by atoms with E-state index in [2.05, 4.69) is 9.88 Å². The number of anilines is 2. The summed E-state index contributed by atoms with van der Waals surface area (Å²) in [6.07, 6.45) is 1.74. The van der Waals surface area contributed by atoms with E-state index >= 15 is 0 Å². The van der Waals surface area contributed by atoms with Crippen LogP contribution in [-0.4, -0.2) is 56.3 Å². The van der Waals surface area contributed by atoms with Crippen LogP contribution in [0.2, 0.25) is 0 Å². The van der Waals surface area contributed by atoms with Crippen LogP contribution in [0, 0.1) is 0 Å². The Hall–Kier alpha value is -2.97. The Morgan fingerprint density at radius 1 is 0.967 bits per heavy atom. The first-order chi connectivity index (χ1) is 14.5. The summed E-state index contributed by atoms with van der Waals surface area (Å²) >= 11 is 0. The van der Waals surface area contributed by atoms with Crippen LogP contribution in [0.25, 0.3) is 10.8 Å². The summed E-state index contributed by atoms with van der Waals surface area (Å²) in [5.41, 5.74) is 1.35. The van der Waals surface area contributed by atoms with Crippen molar-refractivity contribution in [3.8, 4) is 0 Å². The molecule has 0 bridgehead atoms. The summed E-state index contributed by atoms with van der Waals surface area (Å²) in [7, 11) is -3.69. The van der Waals surface area contributed by atoms with Gasteiger partial charge in [-0.3, -0.25) is 4.79 Å². The lowest BCUT2D eigenvalue weighted by Crippen LogP contribution is -2.48. The van der Waals surface area contributed by atoms with Gasteiger partial charge >= 0.3 is 0 Å². The van der Waals surface area contributed by atoms with Crippen molar-refractivity contribution in [3.63, 3.8) is 0 Å². The molecule has 0 radical (unpaired) electrons. The minimum Gasteiger partial charge on any atom is -0.354 e. The van der Waals surface area contributed by atoms with E-state index in [1.807, 2.05) is 25.1 Å². The largest absolute Gasteiger partial charge is 0.354 e. The first-order valence-electron chi connectivity index (χ1n) is 10.1. The lowest BCUT2D eigenvalue weighted by molar-refractivity contribution is 0.0994. The van der Waals surface area contributed by atoms with Gasteiger partial charge in [0, 0.05) is 55.3 Å². The van der Waals surface area contributed by atoms with Gasteiger partial charge in [0.25, 0.3) is 5.91 Å². The van der Waals surface area contributed by atoms with Gasteiger partial charge < -0.3 is 9.80 Å². The quantitative estimate of drug-likeness (QED) is 0.646. The SMILES string of the molecule is CCN1C(=O)c2cccc3c(S(=O)(=O)N4CCN(c5ccccn5)CC4)ccc1c23. The van der Waals surface area contributed by atoms with Crippen LogP contribution >= 0.6 is 0 Å². The Kier molecular flexibility index (Phi) is 4.48. The molecule has 0 atom stereocenters. The molecule has 154 valence electrons. The highest BCUT2D eigenvalue weighted by molar-refractivity contribution is 7.89.